The van der Waals surface area contributed by atoms with Gasteiger partial charge >= 0.3 is 6.09 Å². The molecule has 0 bridgehead atoms. The summed E-state index contributed by atoms with van der Waals surface area (Å²) < 4.78 is 35.0. The monoisotopic (exact) mass is 573 g/mol. The van der Waals surface area contributed by atoms with Gasteiger partial charge in [-0.25, -0.2) is 23.3 Å². The van der Waals surface area contributed by atoms with Crippen molar-refractivity contribution >= 4 is 50.1 Å². The van der Waals surface area contributed by atoms with Crippen molar-refractivity contribution in [2.75, 3.05) is 18.4 Å². The van der Waals surface area contributed by atoms with Crippen LogP contribution in [0.2, 0.25) is 0 Å². The first-order valence-electron chi connectivity index (χ1n) is 12.7. The van der Waals surface area contributed by atoms with Crippen LogP contribution >= 0.6 is 11.3 Å². The maximum atomic E-state index is 12.3. The van der Waals surface area contributed by atoms with E-state index in [1.165, 1.54) is 29.0 Å². The molecule has 39 heavy (non-hydrogen) atoms. The number of hydrogen-bond donors (Lipinski definition) is 2. The van der Waals surface area contributed by atoms with E-state index in [4.69, 9.17) is 19.6 Å². The van der Waals surface area contributed by atoms with E-state index in [1.807, 2.05) is 46.2 Å². The smallest absolute Gasteiger partial charge is 0.410 e. The predicted octanol–water partition coefficient (Wildman–Crippen LogP) is 5.12. The number of amides is 1. The quantitative estimate of drug-likeness (QED) is 0.439. The fourth-order valence-electron chi connectivity index (χ4n) is 4.14. The van der Waals surface area contributed by atoms with Gasteiger partial charge in [-0.2, -0.15) is 0 Å². The summed E-state index contributed by atoms with van der Waals surface area (Å²) in [6.07, 6.45) is 7.13. The zero-order valence-electron chi connectivity index (χ0n) is 22.8. The molecule has 2 aromatic rings. The minimum Gasteiger partial charge on any atom is -0.489 e. The van der Waals surface area contributed by atoms with Crippen molar-refractivity contribution in [3.8, 4) is 5.75 Å². The van der Waals surface area contributed by atoms with E-state index in [0.717, 1.165) is 24.1 Å². The summed E-state index contributed by atoms with van der Waals surface area (Å²) in [5.41, 5.74) is 2.86. The summed E-state index contributed by atoms with van der Waals surface area (Å²) in [6.45, 7) is 10.5. The van der Waals surface area contributed by atoms with Gasteiger partial charge in [0.2, 0.25) is 10.0 Å². The maximum Gasteiger partial charge on any atom is 0.410 e. The molecule has 1 aromatic heterocycles. The molecule has 2 aliphatic heterocycles. The van der Waals surface area contributed by atoms with Crippen LogP contribution < -0.4 is 15.2 Å². The average molecular weight is 574 g/mol. The van der Waals surface area contributed by atoms with Gasteiger partial charge in [0.05, 0.1) is 28.4 Å². The molecule has 1 atom stereocenters. The number of thiazole rings is 1. The highest BCUT2D eigenvalue weighted by atomic mass is 32.2. The van der Waals surface area contributed by atoms with Gasteiger partial charge in [0.15, 0.2) is 5.13 Å². The van der Waals surface area contributed by atoms with Crippen molar-refractivity contribution < 1.29 is 22.7 Å². The Balaban J connectivity index is 1.41. The summed E-state index contributed by atoms with van der Waals surface area (Å²) >= 11 is 1.39. The Hall–Kier alpha value is -3.22. The first-order chi connectivity index (χ1) is 18.3. The molecule has 1 amide bonds. The number of carbonyl (C=O) groups is 1. The maximum absolute atomic E-state index is 12.3. The SMILES string of the molecule is CC(C)Oc1ccc(S(N)(=O)=O)cc1Nc1nc(C2=CCC(C3=CCN(C(=O)OC(C)(C)C)CC3)N=C2)cs1. The number of anilines is 2. The van der Waals surface area contributed by atoms with E-state index in [1.54, 1.807) is 11.0 Å². The highest BCUT2D eigenvalue weighted by Gasteiger charge is 2.26. The Morgan fingerprint density at radius 2 is 2.03 bits per heavy atom. The van der Waals surface area contributed by atoms with Crippen LogP contribution in [0.5, 0.6) is 5.75 Å². The van der Waals surface area contributed by atoms with E-state index in [-0.39, 0.29) is 23.1 Å². The van der Waals surface area contributed by atoms with E-state index in [2.05, 4.69) is 22.5 Å². The molecule has 0 fully saturated rings. The van der Waals surface area contributed by atoms with Gasteiger partial charge in [0.25, 0.3) is 0 Å². The van der Waals surface area contributed by atoms with Gasteiger partial charge in [-0.3, -0.25) is 4.99 Å². The molecule has 0 saturated heterocycles. The van der Waals surface area contributed by atoms with E-state index in [9.17, 15) is 13.2 Å². The van der Waals surface area contributed by atoms with Crippen molar-refractivity contribution in [1.29, 1.82) is 0 Å². The number of nitrogens with one attached hydrogen (secondary N) is 1. The number of allylic oxidation sites excluding steroid dienone is 1. The second-order valence-electron chi connectivity index (χ2n) is 10.7. The number of dihydropyridines is 1. The molecule has 3 heterocycles. The van der Waals surface area contributed by atoms with Crippen molar-refractivity contribution in [1.82, 2.24) is 9.88 Å². The molecule has 210 valence electrons. The normalized spacial score (nSPS) is 18.0. The molecule has 3 N–H and O–H groups in total. The largest absolute Gasteiger partial charge is 0.489 e. The number of rotatable bonds is 7. The van der Waals surface area contributed by atoms with Crippen LogP contribution in [0.25, 0.3) is 5.57 Å². The molecule has 0 radical (unpaired) electrons. The number of carbonyl (C=O) groups excluding carboxylic acids is 1. The number of sulfonamides is 1. The molecule has 2 aliphatic rings. The van der Waals surface area contributed by atoms with Gasteiger partial charge in [-0.05, 0) is 71.2 Å². The molecule has 0 aliphatic carbocycles. The van der Waals surface area contributed by atoms with Crippen LogP contribution in [0.1, 0.15) is 53.2 Å². The Morgan fingerprint density at radius 3 is 2.62 bits per heavy atom. The van der Waals surface area contributed by atoms with Gasteiger partial charge in [-0.15, -0.1) is 11.3 Å². The molecule has 0 spiro atoms. The number of aliphatic imine (C=N–C) groups is 1. The summed E-state index contributed by atoms with van der Waals surface area (Å²) in [4.78, 5) is 23.5. The molecule has 4 rings (SSSR count). The van der Waals surface area contributed by atoms with Gasteiger partial charge in [0, 0.05) is 30.3 Å². The summed E-state index contributed by atoms with van der Waals surface area (Å²) in [7, 11) is -3.87. The minimum absolute atomic E-state index is 0.0164. The Morgan fingerprint density at radius 1 is 1.26 bits per heavy atom. The lowest BCUT2D eigenvalue weighted by molar-refractivity contribution is 0.0265. The molecule has 0 saturated carbocycles. The predicted molar refractivity (Wildman–Crippen MR) is 154 cm³/mol. The van der Waals surface area contributed by atoms with Crippen LogP contribution in [-0.2, 0) is 14.8 Å². The minimum atomic E-state index is -3.87. The Bertz CT molecular complexity index is 1420. The number of nitrogens with zero attached hydrogens (tertiary/aromatic N) is 3. The first kappa shape index (κ1) is 28.8. The fraction of sp³-hybridized carbons (Fsp3) is 0.444. The van der Waals surface area contributed by atoms with Crippen molar-refractivity contribution in [3.05, 3.63) is 47.0 Å². The summed E-state index contributed by atoms with van der Waals surface area (Å²) in [5, 5.41) is 11.0. The van der Waals surface area contributed by atoms with Gasteiger partial charge in [-0.1, -0.05) is 12.2 Å². The Labute approximate surface area is 233 Å². The van der Waals surface area contributed by atoms with E-state index < -0.39 is 15.6 Å². The third kappa shape index (κ3) is 7.68. The lowest BCUT2D eigenvalue weighted by Gasteiger charge is -2.31. The zero-order chi connectivity index (χ0) is 28.4. The second kappa shape index (κ2) is 11.5. The number of benzene rings is 1. The van der Waals surface area contributed by atoms with Gasteiger partial charge < -0.3 is 19.7 Å². The van der Waals surface area contributed by atoms with E-state index in [0.29, 0.717) is 29.7 Å². The molecule has 12 heteroatoms. The number of ether oxygens (including phenoxy) is 2. The number of aromatic nitrogens is 1. The van der Waals surface area contributed by atoms with Crippen molar-refractivity contribution in [3.63, 3.8) is 0 Å². The standard InChI is InChI=1S/C27H35N5O5S2/c1-17(2)36-24-9-7-20(39(28,34)35)14-22(24)30-25-31-23(16-38-25)19-6-8-21(29-15-19)18-10-12-32(13-11-18)26(33)37-27(3,4)5/h6-7,9-10,14-17,21H,8,11-13H2,1-5H3,(H,30,31)(H2,28,34,35). The zero-order valence-corrected chi connectivity index (χ0v) is 24.4. The summed E-state index contributed by atoms with van der Waals surface area (Å²) in [6, 6.07) is 4.49. The van der Waals surface area contributed by atoms with Crippen molar-refractivity contribution in [2.24, 2.45) is 10.1 Å². The molecular formula is C27H35N5O5S2. The lowest BCUT2D eigenvalue weighted by Crippen LogP contribution is -2.40. The van der Waals surface area contributed by atoms with E-state index >= 15 is 0 Å². The number of primary sulfonamides is 1. The molecular weight excluding hydrogens is 538 g/mol. The Kier molecular flexibility index (Phi) is 8.48. The first-order valence-corrected chi connectivity index (χ1v) is 15.2. The highest BCUT2D eigenvalue weighted by Crippen LogP contribution is 2.34. The van der Waals surface area contributed by atoms with Crippen LogP contribution in [0.3, 0.4) is 0 Å². The summed E-state index contributed by atoms with van der Waals surface area (Å²) in [5.74, 6) is 0.501. The van der Waals surface area contributed by atoms with Crippen LogP contribution in [0.15, 0.2) is 51.2 Å². The number of hydrogen-bond acceptors (Lipinski definition) is 9. The number of nitrogens with two attached hydrogens (primary N) is 1. The van der Waals surface area contributed by atoms with Crippen LogP contribution in [-0.4, -0.2) is 61.4 Å². The second-order valence-corrected chi connectivity index (χ2v) is 13.1. The third-order valence-corrected chi connectivity index (χ3v) is 7.63. The highest BCUT2D eigenvalue weighted by molar-refractivity contribution is 7.89. The topological polar surface area (TPSA) is 136 Å². The molecule has 1 aromatic carbocycles. The van der Waals surface area contributed by atoms with Crippen LogP contribution in [0, 0.1) is 0 Å². The average Bonchev–Trinajstić information content (AvgIpc) is 3.32. The molecule has 1 unspecified atom stereocenters. The van der Waals surface area contributed by atoms with Crippen LogP contribution in [0.4, 0.5) is 15.6 Å². The lowest BCUT2D eigenvalue weighted by atomic mass is 9.95. The van der Waals surface area contributed by atoms with Crippen molar-refractivity contribution in [2.45, 2.75) is 70.1 Å². The third-order valence-electron chi connectivity index (χ3n) is 5.96. The molecule has 10 nitrogen and oxygen atoms in total. The van der Waals surface area contributed by atoms with Gasteiger partial charge in [0.1, 0.15) is 11.4 Å². The fourth-order valence-corrected chi connectivity index (χ4v) is 5.41.